The molecular weight excluding hydrogens is 270 g/mol. The van der Waals surface area contributed by atoms with E-state index in [2.05, 4.69) is 17.9 Å². The van der Waals surface area contributed by atoms with Gasteiger partial charge in [-0.2, -0.15) is 0 Å². The number of nitrogens with one attached hydrogen (secondary N) is 1. The summed E-state index contributed by atoms with van der Waals surface area (Å²) in [7, 11) is 0. The number of carbonyl (C=O) groups excluding carboxylic acids is 1. The fourth-order valence-electron chi connectivity index (χ4n) is 1.38. The van der Waals surface area contributed by atoms with Gasteiger partial charge in [-0.15, -0.1) is 35.7 Å². The van der Waals surface area contributed by atoms with Crippen LogP contribution in [0.5, 0.6) is 0 Å². The zero-order chi connectivity index (χ0) is 12.3. The predicted molar refractivity (Wildman–Crippen MR) is 77.7 cm³/mol. The van der Waals surface area contributed by atoms with Crippen molar-refractivity contribution in [2.45, 2.75) is 9.79 Å². The number of benzene rings is 1. The standard InChI is InChI=1S/C12H11NOS3/c1-16-10-5-3-2-4-9(10)13-12(14)11-6-8(15)7-17-11/h2-7,15H,1H3,(H,13,14). The SMILES string of the molecule is CSc1ccccc1NC(=O)c1cc(S)cs1. The Morgan fingerprint density at radius 2 is 2.18 bits per heavy atom. The van der Waals surface area contributed by atoms with Crippen LogP contribution in [0, 0.1) is 0 Å². The number of carbonyl (C=O) groups is 1. The summed E-state index contributed by atoms with van der Waals surface area (Å²) in [4.78, 5) is 14.5. The first-order valence-corrected chi connectivity index (χ1v) is 7.47. The van der Waals surface area contributed by atoms with Crippen LogP contribution in [-0.4, -0.2) is 12.2 Å². The zero-order valence-electron chi connectivity index (χ0n) is 9.14. The van der Waals surface area contributed by atoms with Crippen molar-refractivity contribution in [2.24, 2.45) is 0 Å². The number of thiophene rings is 1. The molecular formula is C12H11NOS3. The average Bonchev–Trinajstić information content (AvgIpc) is 2.77. The van der Waals surface area contributed by atoms with Crippen LogP contribution in [0.2, 0.25) is 0 Å². The maximum Gasteiger partial charge on any atom is 0.265 e. The van der Waals surface area contributed by atoms with E-state index in [-0.39, 0.29) is 5.91 Å². The summed E-state index contributed by atoms with van der Waals surface area (Å²) in [5.41, 5.74) is 0.846. The van der Waals surface area contributed by atoms with Gasteiger partial charge in [0.2, 0.25) is 0 Å². The van der Waals surface area contributed by atoms with Crippen molar-refractivity contribution in [1.29, 1.82) is 0 Å². The minimum Gasteiger partial charge on any atom is -0.320 e. The summed E-state index contributed by atoms with van der Waals surface area (Å²) in [6.45, 7) is 0. The summed E-state index contributed by atoms with van der Waals surface area (Å²) < 4.78 is 0. The van der Waals surface area contributed by atoms with Crippen LogP contribution in [0.1, 0.15) is 9.67 Å². The van der Waals surface area contributed by atoms with Crippen LogP contribution >= 0.6 is 35.7 Å². The highest BCUT2D eigenvalue weighted by molar-refractivity contribution is 7.98. The fraction of sp³-hybridized carbons (Fsp3) is 0.0833. The molecule has 1 aromatic carbocycles. The molecule has 0 saturated heterocycles. The second-order valence-electron chi connectivity index (χ2n) is 3.32. The van der Waals surface area contributed by atoms with Crippen molar-refractivity contribution in [3.8, 4) is 0 Å². The van der Waals surface area contributed by atoms with Gasteiger partial charge in [0.25, 0.3) is 5.91 Å². The van der Waals surface area contributed by atoms with Gasteiger partial charge in [-0.25, -0.2) is 0 Å². The molecule has 0 spiro atoms. The molecule has 0 unspecified atom stereocenters. The van der Waals surface area contributed by atoms with E-state index in [1.165, 1.54) is 11.3 Å². The lowest BCUT2D eigenvalue weighted by Crippen LogP contribution is -2.10. The molecule has 88 valence electrons. The van der Waals surface area contributed by atoms with Gasteiger partial charge >= 0.3 is 0 Å². The van der Waals surface area contributed by atoms with E-state index in [1.54, 1.807) is 17.8 Å². The Kier molecular flexibility index (Phi) is 4.15. The normalized spacial score (nSPS) is 10.2. The molecule has 2 rings (SSSR count). The van der Waals surface area contributed by atoms with E-state index in [0.717, 1.165) is 15.5 Å². The first-order valence-electron chi connectivity index (χ1n) is 4.92. The molecule has 0 radical (unpaired) electrons. The summed E-state index contributed by atoms with van der Waals surface area (Å²) in [6.07, 6.45) is 1.99. The van der Waals surface area contributed by atoms with E-state index in [0.29, 0.717) is 4.88 Å². The molecule has 0 aliphatic rings. The maximum absolute atomic E-state index is 12.0. The van der Waals surface area contributed by atoms with Gasteiger partial charge in [-0.05, 0) is 24.5 Å². The number of para-hydroxylation sites is 1. The van der Waals surface area contributed by atoms with E-state index in [1.807, 2.05) is 35.9 Å². The van der Waals surface area contributed by atoms with E-state index >= 15 is 0 Å². The van der Waals surface area contributed by atoms with E-state index in [4.69, 9.17) is 0 Å². The zero-order valence-corrected chi connectivity index (χ0v) is 11.7. The lowest BCUT2D eigenvalue weighted by atomic mass is 10.3. The van der Waals surface area contributed by atoms with Crippen LogP contribution in [0.4, 0.5) is 5.69 Å². The van der Waals surface area contributed by atoms with Gasteiger partial charge in [0.05, 0.1) is 10.6 Å². The number of hydrogen-bond donors (Lipinski definition) is 2. The van der Waals surface area contributed by atoms with Crippen molar-refractivity contribution >= 4 is 47.3 Å². The number of hydrogen-bond acceptors (Lipinski definition) is 4. The van der Waals surface area contributed by atoms with E-state index in [9.17, 15) is 4.79 Å². The second kappa shape index (κ2) is 5.62. The van der Waals surface area contributed by atoms with Crippen LogP contribution in [0.15, 0.2) is 45.5 Å². The Labute approximate surface area is 114 Å². The minimum atomic E-state index is -0.0863. The van der Waals surface area contributed by atoms with Crippen LogP contribution in [0.3, 0.4) is 0 Å². The molecule has 0 bridgehead atoms. The summed E-state index contributed by atoms with van der Waals surface area (Å²) in [5.74, 6) is -0.0863. The first-order chi connectivity index (χ1) is 8.20. The van der Waals surface area contributed by atoms with E-state index < -0.39 is 0 Å². The smallest absolute Gasteiger partial charge is 0.265 e. The molecule has 17 heavy (non-hydrogen) atoms. The highest BCUT2D eigenvalue weighted by atomic mass is 32.2. The number of thiol groups is 1. The van der Waals surface area contributed by atoms with Crippen LogP contribution in [0.25, 0.3) is 0 Å². The van der Waals surface area contributed by atoms with Gasteiger partial charge in [0, 0.05) is 15.2 Å². The van der Waals surface area contributed by atoms with Crippen LogP contribution < -0.4 is 5.32 Å². The van der Waals surface area contributed by atoms with Gasteiger partial charge in [-0.3, -0.25) is 4.79 Å². The molecule has 1 amide bonds. The number of amides is 1. The fourth-order valence-corrected chi connectivity index (χ4v) is 2.97. The molecule has 1 aromatic heterocycles. The van der Waals surface area contributed by atoms with Crippen molar-refractivity contribution < 1.29 is 4.79 Å². The Morgan fingerprint density at radius 3 is 2.82 bits per heavy atom. The first kappa shape index (κ1) is 12.5. The topological polar surface area (TPSA) is 29.1 Å². The number of rotatable bonds is 3. The molecule has 0 aliphatic carbocycles. The number of thioether (sulfide) groups is 1. The van der Waals surface area contributed by atoms with Crippen molar-refractivity contribution in [3.63, 3.8) is 0 Å². The summed E-state index contributed by atoms with van der Waals surface area (Å²) >= 11 is 7.20. The Bertz CT molecular complexity index is 536. The predicted octanol–water partition coefficient (Wildman–Crippen LogP) is 4.01. The highest BCUT2D eigenvalue weighted by Gasteiger charge is 2.10. The third kappa shape index (κ3) is 3.06. The molecule has 0 fully saturated rings. The monoisotopic (exact) mass is 281 g/mol. The molecule has 0 atom stereocenters. The molecule has 0 saturated carbocycles. The Hall–Kier alpha value is -0.910. The average molecular weight is 281 g/mol. The van der Waals surface area contributed by atoms with Crippen molar-refractivity contribution in [3.05, 3.63) is 40.6 Å². The Morgan fingerprint density at radius 1 is 1.41 bits per heavy atom. The minimum absolute atomic E-state index is 0.0863. The Balaban J connectivity index is 2.18. The lowest BCUT2D eigenvalue weighted by molar-refractivity contribution is 0.103. The second-order valence-corrected chi connectivity index (χ2v) is 5.60. The summed E-state index contributed by atoms with van der Waals surface area (Å²) in [5, 5.41) is 4.75. The molecule has 1 N–H and O–H groups in total. The molecule has 5 heteroatoms. The third-order valence-corrected chi connectivity index (χ3v) is 4.32. The third-order valence-electron chi connectivity index (χ3n) is 2.16. The van der Waals surface area contributed by atoms with Crippen molar-refractivity contribution in [1.82, 2.24) is 0 Å². The molecule has 2 nitrogen and oxygen atoms in total. The van der Waals surface area contributed by atoms with Crippen molar-refractivity contribution in [2.75, 3.05) is 11.6 Å². The molecule has 0 aliphatic heterocycles. The lowest BCUT2D eigenvalue weighted by Gasteiger charge is -2.07. The maximum atomic E-state index is 12.0. The van der Waals surface area contributed by atoms with Gasteiger partial charge < -0.3 is 5.32 Å². The molecule has 2 aromatic rings. The van der Waals surface area contributed by atoms with Crippen LogP contribution in [-0.2, 0) is 0 Å². The molecule has 1 heterocycles. The van der Waals surface area contributed by atoms with Gasteiger partial charge in [-0.1, -0.05) is 12.1 Å². The van der Waals surface area contributed by atoms with Gasteiger partial charge in [0.15, 0.2) is 0 Å². The largest absolute Gasteiger partial charge is 0.320 e. The van der Waals surface area contributed by atoms with Gasteiger partial charge in [0.1, 0.15) is 0 Å². The highest BCUT2D eigenvalue weighted by Crippen LogP contribution is 2.26. The number of anilines is 1. The summed E-state index contributed by atoms with van der Waals surface area (Å²) in [6, 6.07) is 9.52. The quantitative estimate of drug-likeness (QED) is 0.657.